The average Bonchev–Trinajstić information content (AvgIpc) is 2.93. The predicted octanol–water partition coefficient (Wildman–Crippen LogP) is 2.54. The molecule has 2 atom stereocenters. The van der Waals surface area contributed by atoms with Crippen molar-refractivity contribution in [1.29, 1.82) is 0 Å². The highest BCUT2D eigenvalue weighted by Gasteiger charge is 2.30. The van der Waals surface area contributed by atoms with Gasteiger partial charge in [-0.25, -0.2) is 4.98 Å². The molecule has 1 saturated heterocycles. The Balaban J connectivity index is 2.04. The average molecular weight is 331 g/mol. The van der Waals surface area contributed by atoms with Crippen molar-refractivity contribution in [3.8, 4) is 5.75 Å². The number of amides is 1. The number of nitrogens with zero attached hydrogens (tertiary/aromatic N) is 3. The van der Waals surface area contributed by atoms with Gasteiger partial charge < -0.3 is 14.4 Å². The van der Waals surface area contributed by atoms with Crippen LogP contribution in [0.15, 0.2) is 18.3 Å². The van der Waals surface area contributed by atoms with Crippen LogP contribution in [0.5, 0.6) is 5.75 Å². The standard InChI is InChI=1S/C18H25N3O3/c1-5-14-16(18(22)20-10-12(3)24-13(4)11-20)21-9-7-8-15(23-6-2)17(21)19-14/h7-9,12-13H,5-6,10-11H2,1-4H3. The molecule has 0 aliphatic carbocycles. The number of pyridine rings is 1. The van der Waals surface area contributed by atoms with Gasteiger partial charge in [0.15, 0.2) is 11.4 Å². The van der Waals surface area contributed by atoms with Gasteiger partial charge in [0.2, 0.25) is 0 Å². The van der Waals surface area contributed by atoms with E-state index in [1.165, 1.54) is 0 Å². The summed E-state index contributed by atoms with van der Waals surface area (Å²) in [5, 5.41) is 0. The summed E-state index contributed by atoms with van der Waals surface area (Å²) in [5.74, 6) is 0.715. The maximum Gasteiger partial charge on any atom is 0.272 e. The Labute approximate surface area is 142 Å². The highest BCUT2D eigenvalue weighted by molar-refractivity contribution is 5.95. The van der Waals surface area contributed by atoms with Crippen LogP contribution in [-0.2, 0) is 11.2 Å². The number of fused-ring (bicyclic) bond motifs is 1. The third kappa shape index (κ3) is 2.98. The summed E-state index contributed by atoms with van der Waals surface area (Å²) < 4.78 is 13.3. The number of morpholine rings is 1. The first-order valence-electron chi connectivity index (χ1n) is 8.62. The van der Waals surface area contributed by atoms with Crippen molar-refractivity contribution in [1.82, 2.24) is 14.3 Å². The number of imidazole rings is 1. The van der Waals surface area contributed by atoms with E-state index in [4.69, 9.17) is 9.47 Å². The van der Waals surface area contributed by atoms with E-state index in [9.17, 15) is 4.79 Å². The quantitative estimate of drug-likeness (QED) is 0.864. The molecule has 2 aromatic heterocycles. The molecule has 1 aliphatic rings. The lowest BCUT2D eigenvalue weighted by atomic mass is 10.2. The van der Waals surface area contributed by atoms with E-state index < -0.39 is 0 Å². The zero-order valence-corrected chi connectivity index (χ0v) is 14.8. The molecule has 0 saturated carbocycles. The number of aromatic nitrogens is 2. The maximum atomic E-state index is 13.2. The summed E-state index contributed by atoms with van der Waals surface area (Å²) in [6.07, 6.45) is 2.66. The number of rotatable bonds is 4. The largest absolute Gasteiger partial charge is 0.490 e. The second-order valence-corrected chi connectivity index (χ2v) is 6.23. The highest BCUT2D eigenvalue weighted by Crippen LogP contribution is 2.24. The minimum absolute atomic E-state index is 0.00926. The second kappa shape index (κ2) is 6.81. The lowest BCUT2D eigenvalue weighted by molar-refractivity contribution is -0.0587. The summed E-state index contributed by atoms with van der Waals surface area (Å²) in [6.45, 7) is 9.72. The van der Waals surface area contributed by atoms with Gasteiger partial charge in [0.1, 0.15) is 5.69 Å². The van der Waals surface area contributed by atoms with Crippen molar-refractivity contribution in [2.75, 3.05) is 19.7 Å². The van der Waals surface area contributed by atoms with Gasteiger partial charge in [-0.15, -0.1) is 0 Å². The van der Waals surface area contributed by atoms with Crippen LogP contribution >= 0.6 is 0 Å². The molecular weight excluding hydrogens is 306 g/mol. The number of hydrogen-bond donors (Lipinski definition) is 0. The van der Waals surface area contributed by atoms with Crippen LogP contribution in [0, 0.1) is 0 Å². The number of carbonyl (C=O) groups is 1. The van der Waals surface area contributed by atoms with Crippen LogP contribution in [0.3, 0.4) is 0 Å². The van der Waals surface area contributed by atoms with Gasteiger partial charge in [0, 0.05) is 19.3 Å². The van der Waals surface area contributed by atoms with E-state index in [0.717, 1.165) is 5.69 Å². The summed E-state index contributed by atoms with van der Waals surface area (Å²) in [4.78, 5) is 19.7. The van der Waals surface area contributed by atoms with Gasteiger partial charge in [-0.1, -0.05) is 6.92 Å². The molecule has 24 heavy (non-hydrogen) atoms. The molecule has 3 heterocycles. The fourth-order valence-corrected chi connectivity index (χ4v) is 3.32. The third-order valence-corrected chi connectivity index (χ3v) is 4.23. The molecular formula is C18H25N3O3. The summed E-state index contributed by atoms with van der Waals surface area (Å²) >= 11 is 0. The minimum atomic E-state index is 0.00926. The second-order valence-electron chi connectivity index (χ2n) is 6.23. The van der Waals surface area contributed by atoms with E-state index in [0.29, 0.717) is 43.2 Å². The SMILES string of the molecule is CCOc1cccn2c(C(=O)N3CC(C)OC(C)C3)c(CC)nc12. The summed E-state index contributed by atoms with van der Waals surface area (Å²) in [6, 6.07) is 3.78. The molecule has 1 aliphatic heterocycles. The van der Waals surface area contributed by atoms with Crippen molar-refractivity contribution in [3.05, 3.63) is 29.7 Å². The Bertz CT molecular complexity index is 730. The van der Waals surface area contributed by atoms with Crippen LogP contribution in [0.1, 0.15) is 43.9 Å². The first kappa shape index (κ1) is 16.8. The lowest BCUT2D eigenvalue weighted by Crippen LogP contribution is -2.48. The van der Waals surface area contributed by atoms with E-state index in [1.54, 1.807) is 0 Å². The zero-order valence-electron chi connectivity index (χ0n) is 14.8. The van der Waals surface area contributed by atoms with E-state index >= 15 is 0 Å². The van der Waals surface area contributed by atoms with Crippen molar-refractivity contribution < 1.29 is 14.3 Å². The van der Waals surface area contributed by atoms with Crippen molar-refractivity contribution in [3.63, 3.8) is 0 Å². The van der Waals surface area contributed by atoms with Crippen LogP contribution in [0.4, 0.5) is 0 Å². The van der Waals surface area contributed by atoms with E-state index in [1.807, 2.05) is 55.3 Å². The van der Waals surface area contributed by atoms with Crippen LogP contribution in [0.25, 0.3) is 5.65 Å². The first-order valence-corrected chi connectivity index (χ1v) is 8.62. The molecule has 0 radical (unpaired) electrons. The van der Waals surface area contributed by atoms with Crippen LogP contribution in [-0.4, -0.2) is 52.1 Å². The fraction of sp³-hybridized carbons (Fsp3) is 0.556. The Kier molecular flexibility index (Phi) is 4.76. The molecule has 6 nitrogen and oxygen atoms in total. The molecule has 0 N–H and O–H groups in total. The Morgan fingerprint density at radius 1 is 1.33 bits per heavy atom. The zero-order chi connectivity index (χ0) is 17.3. The summed E-state index contributed by atoms with van der Waals surface area (Å²) in [7, 11) is 0. The maximum absolute atomic E-state index is 13.2. The molecule has 1 amide bonds. The molecule has 130 valence electrons. The van der Waals surface area contributed by atoms with E-state index in [2.05, 4.69) is 4.98 Å². The van der Waals surface area contributed by atoms with Gasteiger partial charge in [0.25, 0.3) is 5.91 Å². The Hall–Kier alpha value is -2.08. The molecule has 2 aromatic rings. The molecule has 0 bridgehead atoms. The van der Waals surface area contributed by atoms with E-state index in [-0.39, 0.29) is 18.1 Å². The van der Waals surface area contributed by atoms with Crippen molar-refractivity contribution >= 4 is 11.6 Å². The molecule has 3 rings (SSSR count). The monoisotopic (exact) mass is 331 g/mol. The normalized spacial score (nSPS) is 21.2. The molecule has 1 fully saturated rings. The highest BCUT2D eigenvalue weighted by atomic mass is 16.5. The topological polar surface area (TPSA) is 56.1 Å². The lowest BCUT2D eigenvalue weighted by Gasteiger charge is -2.35. The van der Waals surface area contributed by atoms with Gasteiger partial charge in [0.05, 0.1) is 24.5 Å². The van der Waals surface area contributed by atoms with Gasteiger partial charge in [-0.05, 0) is 39.3 Å². The molecule has 0 aromatic carbocycles. The van der Waals surface area contributed by atoms with Crippen molar-refractivity contribution in [2.24, 2.45) is 0 Å². The Morgan fingerprint density at radius 3 is 2.67 bits per heavy atom. The van der Waals surface area contributed by atoms with Crippen LogP contribution in [0.2, 0.25) is 0 Å². The number of hydrogen-bond acceptors (Lipinski definition) is 4. The first-order chi connectivity index (χ1) is 11.5. The van der Waals surface area contributed by atoms with Gasteiger partial charge in [-0.2, -0.15) is 0 Å². The smallest absolute Gasteiger partial charge is 0.272 e. The molecule has 6 heteroatoms. The van der Waals surface area contributed by atoms with Gasteiger partial charge in [-0.3, -0.25) is 9.20 Å². The minimum Gasteiger partial charge on any atom is -0.490 e. The number of ether oxygens (including phenoxy) is 2. The number of aryl methyl sites for hydroxylation is 1. The number of carbonyl (C=O) groups excluding carboxylic acids is 1. The van der Waals surface area contributed by atoms with Crippen LogP contribution < -0.4 is 4.74 Å². The predicted molar refractivity (Wildman–Crippen MR) is 91.7 cm³/mol. The fourth-order valence-electron chi connectivity index (χ4n) is 3.32. The summed E-state index contributed by atoms with van der Waals surface area (Å²) in [5.41, 5.74) is 2.14. The van der Waals surface area contributed by atoms with Crippen molar-refractivity contribution in [2.45, 2.75) is 46.3 Å². The molecule has 0 spiro atoms. The Morgan fingerprint density at radius 2 is 2.04 bits per heavy atom. The molecule has 2 unspecified atom stereocenters. The van der Waals surface area contributed by atoms with Gasteiger partial charge >= 0.3 is 0 Å². The third-order valence-electron chi connectivity index (χ3n) is 4.23.